The van der Waals surface area contributed by atoms with Crippen LogP contribution in [0.2, 0.25) is 0 Å². The van der Waals surface area contributed by atoms with E-state index in [1.54, 1.807) is 11.1 Å². The second kappa shape index (κ2) is 4.00. The normalized spacial score (nSPS) is 31.9. The van der Waals surface area contributed by atoms with E-state index in [1.165, 1.54) is 36.8 Å². The first kappa shape index (κ1) is 9.51. The molecule has 0 aromatic carbocycles. The van der Waals surface area contributed by atoms with Gasteiger partial charge in [0.2, 0.25) is 0 Å². The molecule has 0 amide bonds. The van der Waals surface area contributed by atoms with Gasteiger partial charge < -0.3 is 0 Å². The van der Waals surface area contributed by atoms with Crippen molar-refractivity contribution in [3.63, 3.8) is 0 Å². The van der Waals surface area contributed by atoms with Gasteiger partial charge in [0, 0.05) is 0 Å². The summed E-state index contributed by atoms with van der Waals surface area (Å²) in [6.45, 7) is 4.48. The minimum atomic E-state index is 1.27. The molecule has 2 aliphatic carbocycles. The van der Waals surface area contributed by atoms with Crippen LogP contribution in [-0.2, 0) is 0 Å². The van der Waals surface area contributed by atoms with Crippen molar-refractivity contribution >= 4 is 0 Å². The van der Waals surface area contributed by atoms with Gasteiger partial charge in [0.25, 0.3) is 0 Å². The maximum absolute atomic E-state index is 2.29. The minimum Gasteiger partial charge on any atom is -0.0620 e. The Morgan fingerprint density at radius 2 is 1.64 bits per heavy atom. The molecule has 0 nitrogen and oxygen atoms in total. The molecule has 0 heteroatoms. The Kier molecular flexibility index (Phi) is 2.72. The van der Waals surface area contributed by atoms with Crippen LogP contribution < -0.4 is 0 Å². The van der Waals surface area contributed by atoms with E-state index in [0.717, 1.165) is 0 Å². The fourth-order valence-electron chi connectivity index (χ4n) is 2.28. The van der Waals surface area contributed by atoms with Gasteiger partial charge in [-0.3, -0.25) is 0 Å². The van der Waals surface area contributed by atoms with E-state index in [-0.39, 0.29) is 0 Å². The standard InChI is InChI=1S/C14H18/c1-11-7-3-4-8-13-9-5-6-10-14(13)12(11)2/h3-4,7-8H,5-6,9-10H2,1-2H3/b4-3?,7-3-,8-4+,11-7?,12-11-,13-8?,14-12?. The first-order valence-electron chi connectivity index (χ1n) is 5.53. The maximum Gasteiger partial charge on any atom is -0.0273 e. The molecule has 0 N–H and O–H groups in total. The molecular formula is C14H18. The smallest absolute Gasteiger partial charge is 0.0273 e. The lowest BCUT2D eigenvalue weighted by Gasteiger charge is -2.21. The molecule has 0 fully saturated rings. The summed E-state index contributed by atoms with van der Waals surface area (Å²) in [4.78, 5) is 0. The fraction of sp³-hybridized carbons (Fsp3) is 0.429. The van der Waals surface area contributed by atoms with Crippen LogP contribution in [0.1, 0.15) is 39.5 Å². The van der Waals surface area contributed by atoms with Crippen LogP contribution in [0.3, 0.4) is 0 Å². The van der Waals surface area contributed by atoms with E-state index in [9.17, 15) is 0 Å². The van der Waals surface area contributed by atoms with Gasteiger partial charge in [-0.15, -0.1) is 0 Å². The summed E-state index contributed by atoms with van der Waals surface area (Å²) in [6, 6.07) is 0. The molecule has 0 unspecified atom stereocenters. The predicted molar refractivity (Wildman–Crippen MR) is 62.1 cm³/mol. The van der Waals surface area contributed by atoms with Gasteiger partial charge in [0.05, 0.1) is 0 Å². The van der Waals surface area contributed by atoms with Crippen LogP contribution in [-0.4, -0.2) is 0 Å². The molecule has 0 atom stereocenters. The van der Waals surface area contributed by atoms with Gasteiger partial charge in [-0.25, -0.2) is 0 Å². The Labute approximate surface area is 86.7 Å². The van der Waals surface area contributed by atoms with Crippen LogP contribution in [0, 0.1) is 0 Å². The van der Waals surface area contributed by atoms with E-state index in [0.29, 0.717) is 0 Å². The molecule has 0 spiro atoms. The molecule has 0 aromatic heterocycles. The fourth-order valence-corrected chi connectivity index (χ4v) is 2.28. The zero-order valence-corrected chi connectivity index (χ0v) is 9.14. The van der Waals surface area contributed by atoms with Crippen molar-refractivity contribution in [1.82, 2.24) is 0 Å². The van der Waals surface area contributed by atoms with Gasteiger partial charge in [0.1, 0.15) is 0 Å². The van der Waals surface area contributed by atoms with E-state index >= 15 is 0 Å². The summed E-state index contributed by atoms with van der Waals surface area (Å²) in [6.07, 6.45) is 14.1. The summed E-state index contributed by atoms with van der Waals surface area (Å²) in [5.41, 5.74) is 6.09. The van der Waals surface area contributed by atoms with Crippen molar-refractivity contribution in [2.45, 2.75) is 39.5 Å². The summed E-state index contributed by atoms with van der Waals surface area (Å²) in [5, 5.41) is 0. The third kappa shape index (κ3) is 1.75. The van der Waals surface area contributed by atoms with Crippen LogP contribution >= 0.6 is 0 Å². The molecule has 2 aliphatic rings. The highest BCUT2D eigenvalue weighted by Crippen LogP contribution is 2.32. The molecule has 0 saturated carbocycles. The van der Waals surface area contributed by atoms with Gasteiger partial charge in [-0.05, 0) is 61.8 Å². The predicted octanol–water partition coefficient (Wildman–Crippen LogP) is 4.32. The highest BCUT2D eigenvalue weighted by molar-refractivity contribution is 5.47. The Hall–Kier alpha value is -1.04. The van der Waals surface area contributed by atoms with Crippen LogP contribution in [0.5, 0.6) is 0 Å². The van der Waals surface area contributed by atoms with Crippen molar-refractivity contribution in [2.75, 3.05) is 0 Å². The molecule has 0 aliphatic heterocycles. The maximum atomic E-state index is 2.29. The van der Waals surface area contributed by atoms with Crippen molar-refractivity contribution < 1.29 is 0 Å². The molecule has 0 bridgehead atoms. The summed E-state index contributed by atoms with van der Waals surface area (Å²) in [7, 11) is 0. The van der Waals surface area contributed by atoms with E-state index in [2.05, 4.69) is 38.2 Å². The Bertz CT molecular complexity index is 348. The Morgan fingerprint density at radius 3 is 2.50 bits per heavy atom. The number of rotatable bonds is 0. The molecule has 0 heterocycles. The highest BCUT2D eigenvalue weighted by Gasteiger charge is 2.13. The number of hydrogen-bond donors (Lipinski definition) is 0. The molecular weight excluding hydrogens is 168 g/mol. The van der Waals surface area contributed by atoms with E-state index in [1.807, 2.05) is 0 Å². The van der Waals surface area contributed by atoms with Crippen LogP contribution in [0.4, 0.5) is 0 Å². The number of allylic oxidation sites excluding steroid dienone is 8. The topological polar surface area (TPSA) is 0 Å². The first-order valence-corrected chi connectivity index (χ1v) is 5.53. The highest BCUT2D eigenvalue weighted by atomic mass is 14.2. The lowest BCUT2D eigenvalue weighted by Crippen LogP contribution is -2.01. The summed E-state index contributed by atoms with van der Waals surface area (Å²) >= 11 is 0. The average Bonchev–Trinajstić information content (AvgIpc) is 2.22. The second-order valence-corrected chi connectivity index (χ2v) is 4.24. The lowest BCUT2D eigenvalue weighted by molar-refractivity contribution is 0.686. The quantitative estimate of drug-likeness (QED) is 0.528. The third-order valence-corrected chi connectivity index (χ3v) is 3.31. The zero-order valence-electron chi connectivity index (χ0n) is 9.14. The van der Waals surface area contributed by atoms with Gasteiger partial charge in [-0.1, -0.05) is 24.3 Å². The first-order chi connectivity index (χ1) is 6.79. The SMILES string of the molecule is CC1=C(\C)C2=C(/C=C/C=C\1)CCCC2. The lowest BCUT2D eigenvalue weighted by atomic mass is 9.85. The Balaban J connectivity index is 2.47. The molecule has 14 heavy (non-hydrogen) atoms. The minimum absolute atomic E-state index is 1.27. The van der Waals surface area contributed by atoms with Crippen molar-refractivity contribution in [2.24, 2.45) is 0 Å². The van der Waals surface area contributed by atoms with Crippen molar-refractivity contribution in [1.29, 1.82) is 0 Å². The van der Waals surface area contributed by atoms with Crippen molar-refractivity contribution in [3.8, 4) is 0 Å². The largest absolute Gasteiger partial charge is 0.0620 e. The molecule has 2 rings (SSSR count). The number of hydrogen-bond acceptors (Lipinski definition) is 0. The second-order valence-electron chi connectivity index (χ2n) is 4.24. The summed E-state index contributed by atoms with van der Waals surface area (Å²) in [5.74, 6) is 0. The van der Waals surface area contributed by atoms with Gasteiger partial charge >= 0.3 is 0 Å². The Morgan fingerprint density at radius 1 is 0.929 bits per heavy atom. The third-order valence-electron chi connectivity index (χ3n) is 3.31. The van der Waals surface area contributed by atoms with Crippen LogP contribution in [0.25, 0.3) is 0 Å². The van der Waals surface area contributed by atoms with Crippen molar-refractivity contribution in [3.05, 3.63) is 46.6 Å². The molecule has 74 valence electrons. The van der Waals surface area contributed by atoms with Gasteiger partial charge in [-0.2, -0.15) is 0 Å². The van der Waals surface area contributed by atoms with Gasteiger partial charge in [0.15, 0.2) is 0 Å². The molecule has 0 saturated heterocycles. The average molecular weight is 186 g/mol. The van der Waals surface area contributed by atoms with E-state index in [4.69, 9.17) is 0 Å². The molecule has 0 radical (unpaired) electrons. The van der Waals surface area contributed by atoms with Crippen LogP contribution in [0.15, 0.2) is 46.6 Å². The summed E-state index contributed by atoms with van der Waals surface area (Å²) < 4.78 is 0. The molecule has 0 aromatic rings. The van der Waals surface area contributed by atoms with E-state index < -0.39 is 0 Å². The zero-order chi connectivity index (χ0) is 9.97. The monoisotopic (exact) mass is 186 g/mol.